The van der Waals surface area contributed by atoms with Crippen LogP contribution in [0.25, 0.3) is 11.0 Å². The van der Waals surface area contributed by atoms with Crippen molar-refractivity contribution in [2.75, 3.05) is 42.1 Å². The van der Waals surface area contributed by atoms with Gasteiger partial charge in [0, 0.05) is 54.6 Å². The lowest BCUT2D eigenvalue weighted by Crippen LogP contribution is -2.53. The molecule has 0 radical (unpaired) electrons. The molecular formula is C32H45N11O2. The Labute approximate surface area is 264 Å². The van der Waals surface area contributed by atoms with Crippen LogP contribution in [-0.4, -0.2) is 81.0 Å². The van der Waals surface area contributed by atoms with E-state index in [0.29, 0.717) is 45.8 Å². The Morgan fingerprint density at radius 3 is 2.44 bits per heavy atom. The molecule has 5 rings (SSSR count). The van der Waals surface area contributed by atoms with Crippen molar-refractivity contribution in [3.63, 3.8) is 0 Å². The predicted octanol–water partition coefficient (Wildman–Crippen LogP) is 3.73. The number of carbonyl (C=O) groups excluding carboxylic acids is 1. The molecule has 7 N–H and O–H groups in total. The van der Waals surface area contributed by atoms with Crippen molar-refractivity contribution in [3.8, 4) is 0 Å². The number of rotatable bonds is 6. The molecule has 2 saturated heterocycles. The maximum Gasteiger partial charge on any atom is 0.256 e. The molecule has 0 bridgehead atoms. The van der Waals surface area contributed by atoms with E-state index in [2.05, 4.69) is 49.2 Å². The van der Waals surface area contributed by atoms with E-state index in [1.54, 1.807) is 12.1 Å². The monoisotopic (exact) mass is 615 g/mol. The Hall–Kier alpha value is -4.36. The molecule has 1 aromatic carbocycles. The summed E-state index contributed by atoms with van der Waals surface area (Å²) in [5, 5.41) is 14.1. The minimum atomic E-state index is -0.424. The topological polar surface area (TPSA) is 184 Å². The van der Waals surface area contributed by atoms with E-state index in [0.717, 1.165) is 44.6 Å². The molecule has 0 saturated carbocycles. The number of nitrogens with one attached hydrogen (secondary N) is 3. The van der Waals surface area contributed by atoms with Gasteiger partial charge in [-0.3, -0.25) is 15.1 Å². The van der Waals surface area contributed by atoms with Gasteiger partial charge in [-0.25, -0.2) is 15.0 Å². The number of nitrogens with two attached hydrogens (primary N) is 2. The van der Waals surface area contributed by atoms with Crippen molar-refractivity contribution < 1.29 is 9.53 Å². The van der Waals surface area contributed by atoms with Gasteiger partial charge in [-0.1, -0.05) is 26.8 Å². The highest BCUT2D eigenvalue weighted by Crippen LogP contribution is 2.30. The van der Waals surface area contributed by atoms with Crippen LogP contribution in [0.5, 0.6) is 0 Å². The van der Waals surface area contributed by atoms with Crippen molar-refractivity contribution >= 4 is 46.0 Å². The van der Waals surface area contributed by atoms with E-state index >= 15 is 0 Å². The summed E-state index contributed by atoms with van der Waals surface area (Å²) < 4.78 is 5.93. The average molecular weight is 616 g/mol. The van der Waals surface area contributed by atoms with Gasteiger partial charge < -0.3 is 31.7 Å². The number of benzene rings is 1. The van der Waals surface area contributed by atoms with Gasteiger partial charge in [0.25, 0.3) is 5.91 Å². The summed E-state index contributed by atoms with van der Waals surface area (Å²) in [6, 6.07) is 5.75. The molecule has 0 unspecified atom stereocenters. The summed E-state index contributed by atoms with van der Waals surface area (Å²) in [5.41, 5.74) is 15.5. The number of fused-ring (bicyclic) bond motifs is 1. The second-order valence-electron chi connectivity index (χ2n) is 13.1. The Morgan fingerprint density at radius 2 is 1.78 bits per heavy atom. The second-order valence-corrected chi connectivity index (χ2v) is 13.1. The third-order valence-corrected chi connectivity index (χ3v) is 8.38. The molecule has 240 valence electrons. The van der Waals surface area contributed by atoms with E-state index in [4.69, 9.17) is 26.6 Å². The zero-order valence-electron chi connectivity index (χ0n) is 27.0. The van der Waals surface area contributed by atoms with Crippen molar-refractivity contribution in [1.82, 2.24) is 30.2 Å². The summed E-state index contributed by atoms with van der Waals surface area (Å²) in [6.45, 7) is 15.6. The normalized spacial score (nSPS) is 20.3. The fourth-order valence-electron chi connectivity index (χ4n) is 5.77. The van der Waals surface area contributed by atoms with E-state index in [9.17, 15) is 4.79 Å². The van der Waals surface area contributed by atoms with Gasteiger partial charge in [-0.2, -0.15) is 4.98 Å². The summed E-state index contributed by atoms with van der Waals surface area (Å²) in [7, 11) is 0. The highest BCUT2D eigenvalue weighted by Gasteiger charge is 2.31. The number of amidine groups is 1. The number of aromatic nitrogens is 4. The number of nitrogens with zero attached hydrogens (tertiary/aromatic N) is 6. The van der Waals surface area contributed by atoms with Crippen molar-refractivity contribution in [2.24, 2.45) is 11.1 Å². The van der Waals surface area contributed by atoms with Crippen molar-refractivity contribution in [3.05, 3.63) is 47.4 Å². The highest BCUT2D eigenvalue weighted by molar-refractivity contribution is 6.09. The van der Waals surface area contributed by atoms with Crippen LogP contribution in [0.15, 0.2) is 36.3 Å². The standard InChI is InChI=1S/C32H45N11O2/c1-18-7-8-21(30(44)39-25(34)14-24(33)32(4,5)6)13-23(18)38-29-27-26(36-17-37-29)28(35)41-31(40-27)42-11-9-22(10-12-42)43-15-19(2)45-20(3)16-43/h7-8,13-14,17,19-20,22H,9-12,15-16,33H2,1-6H3,(H2,34,39,44)(H2,35,40,41)(H,36,37,38)/t19-,20+. The Bertz CT molecular complexity index is 1600. The SMILES string of the molecule is Cc1ccc(C(=O)NC(=N)C=C(N)C(C)(C)C)cc1Nc1ncnc2c(N)nc(N3CCC(N4C[C@@H](C)O[C@@H](C)C4)CC3)nc12. The minimum Gasteiger partial charge on any atom is -0.401 e. The predicted molar refractivity (Wildman–Crippen MR) is 178 cm³/mol. The smallest absolute Gasteiger partial charge is 0.256 e. The zero-order valence-corrected chi connectivity index (χ0v) is 27.0. The molecule has 2 atom stereocenters. The van der Waals surface area contributed by atoms with Crippen LogP contribution in [0.3, 0.4) is 0 Å². The van der Waals surface area contributed by atoms with Crippen LogP contribution < -0.4 is 27.0 Å². The Kier molecular flexibility index (Phi) is 9.21. The van der Waals surface area contributed by atoms with Crippen molar-refractivity contribution in [2.45, 2.75) is 72.6 Å². The first kappa shape index (κ1) is 32.0. The second kappa shape index (κ2) is 12.9. The molecule has 0 spiro atoms. The van der Waals surface area contributed by atoms with Gasteiger partial charge >= 0.3 is 0 Å². The first-order valence-corrected chi connectivity index (χ1v) is 15.5. The van der Waals surface area contributed by atoms with Crippen molar-refractivity contribution in [1.29, 1.82) is 5.41 Å². The molecular weight excluding hydrogens is 570 g/mol. The summed E-state index contributed by atoms with van der Waals surface area (Å²) in [6.07, 6.45) is 5.36. The molecule has 2 aliphatic rings. The summed E-state index contributed by atoms with van der Waals surface area (Å²) in [5.74, 6) is 0.778. The van der Waals surface area contributed by atoms with Crippen LogP contribution in [0, 0.1) is 17.7 Å². The number of amides is 1. The van der Waals surface area contributed by atoms with E-state index in [1.165, 1.54) is 12.4 Å². The average Bonchev–Trinajstić information content (AvgIpc) is 2.97. The largest absolute Gasteiger partial charge is 0.401 e. The number of anilines is 4. The third kappa shape index (κ3) is 7.48. The lowest BCUT2D eigenvalue weighted by molar-refractivity contribution is -0.0826. The van der Waals surface area contributed by atoms with Crippen LogP contribution in [0.1, 0.15) is 63.4 Å². The molecule has 3 aromatic rings. The highest BCUT2D eigenvalue weighted by atomic mass is 16.5. The number of nitrogen functional groups attached to an aromatic ring is 1. The van der Waals surface area contributed by atoms with Crippen LogP contribution in [0.2, 0.25) is 0 Å². The molecule has 4 heterocycles. The number of aryl methyl sites for hydroxylation is 1. The zero-order chi connectivity index (χ0) is 32.5. The number of allylic oxidation sites excluding steroid dienone is 1. The number of carbonyl (C=O) groups is 1. The molecule has 13 heteroatoms. The molecule has 13 nitrogen and oxygen atoms in total. The molecule has 2 aliphatic heterocycles. The fourth-order valence-corrected chi connectivity index (χ4v) is 5.77. The van der Waals surface area contributed by atoms with E-state index in [1.807, 2.05) is 33.8 Å². The molecule has 2 aromatic heterocycles. The van der Waals surface area contributed by atoms with Gasteiger partial charge in [-0.05, 0) is 57.4 Å². The third-order valence-electron chi connectivity index (χ3n) is 8.38. The van der Waals surface area contributed by atoms with Crippen LogP contribution in [0.4, 0.5) is 23.3 Å². The molecule has 2 fully saturated rings. The minimum absolute atomic E-state index is 0.0814. The van der Waals surface area contributed by atoms with E-state index < -0.39 is 5.91 Å². The molecule has 45 heavy (non-hydrogen) atoms. The summed E-state index contributed by atoms with van der Waals surface area (Å²) >= 11 is 0. The van der Waals surface area contributed by atoms with Crippen LogP contribution >= 0.6 is 0 Å². The van der Waals surface area contributed by atoms with Gasteiger partial charge in [0.05, 0.1) is 12.2 Å². The van der Waals surface area contributed by atoms with Gasteiger partial charge in [0.2, 0.25) is 5.95 Å². The van der Waals surface area contributed by atoms with Gasteiger partial charge in [0.1, 0.15) is 23.2 Å². The van der Waals surface area contributed by atoms with E-state index in [-0.39, 0.29) is 29.3 Å². The van der Waals surface area contributed by atoms with Gasteiger partial charge in [0.15, 0.2) is 11.6 Å². The fraction of sp³-hybridized carbons (Fsp3) is 0.500. The number of morpholine rings is 1. The first-order valence-electron chi connectivity index (χ1n) is 15.5. The Balaban J connectivity index is 1.34. The van der Waals surface area contributed by atoms with Crippen LogP contribution in [-0.2, 0) is 4.74 Å². The lowest BCUT2D eigenvalue weighted by Gasteiger charge is -2.43. The number of piperidine rings is 1. The molecule has 1 amide bonds. The number of hydrogen-bond acceptors (Lipinski definition) is 12. The number of ether oxygens (including phenoxy) is 1. The first-order chi connectivity index (χ1) is 21.3. The summed E-state index contributed by atoms with van der Waals surface area (Å²) in [4.78, 5) is 36.1. The Morgan fingerprint density at radius 1 is 1.09 bits per heavy atom. The number of hydrogen-bond donors (Lipinski definition) is 5. The quantitative estimate of drug-likeness (QED) is 0.201. The lowest BCUT2D eigenvalue weighted by atomic mass is 9.92. The van der Waals surface area contributed by atoms with Gasteiger partial charge in [-0.15, -0.1) is 0 Å². The maximum absolute atomic E-state index is 13.0. The maximum atomic E-state index is 13.0. The molecule has 0 aliphatic carbocycles.